The number of aryl methyl sites for hydroxylation is 1. The average molecular weight is 638 g/mol. The number of aliphatic hydroxyl groups excluding tert-OH is 1. The average Bonchev–Trinajstić information content (AvgIpc) is 2.98. The molecule has 0 radical (unpaired) electrons. The molecule has 1 amide bonds. The van der Waals surface area contributed by atoms with Gasteiger partial charge in [-0.15, -0.1) is 10.8 Å². The van der Waals surface area contributed by atoms with Crippen LogP contribution >= 0.6 is 10.8 Å². The Kier molecular flexibility index (Phi) is 11.3. The number of benzene rings is 3. The Morgan fingerprint density at radius 3 is 2.41 bits per heavy atom. The first-order valence-electron chi connectivity index (χ1n) is 14.6. The molecular formula is C32H39F4N3O4S. The number of carbonyl (C=O) groups excluding carboxylic acids is 1. The van der Waals surface area contributed by atoms with Gasteiger partial charge in [0.05, 0.1) is 34.7 Å². The Balaban J connectivity index is 1.55. The fourth-order valence-electron chi connectivity index (χ4n) is 5.29. The van der Waals surface area contributed by atoms with E-state index in [0.717, 1.165) is 24.1 Å². The fourth-order valence-corrected chi connectivity index (χ4v) is 6.98. The lowest BCUT2D eigenvalue weighted by Gasteiger charge is -2.47. The molecule has 3 aromatic carbocycles. The Morgan fingerprint density at radius 2 is 1.73 bits per heavy atom. The molecule has 0 bridgehead atoms. The van der Waals surface area contributed by atoms with Crippen molar-refractivity contribution in [3.63, 3.8) is 0 Å². The zero-order valence-electron chi connectivity index (χ0n) is 24.5. The van der Waals surface area contributed by atoms with Gasteiger partial charge in [-0.3, -0.25) is 18.2 Å². The van der Waals surface area contributed by atoms with Crippen molar-refractivity contribution in [2.45, 2.75) is 63.9 Å². The molecule has 44 heavy (non-hydrogen) atoms. The van der Waals surface area contributed by atoms with E-state index in [-0.39, 0.29) is 43.1 Å². The summed E-state index contributed by atoms with van der Waals surface area (Å²) in [6, 6.07) is 16.1. The molecule has 1 fully saturated rings. The minimum absolute atomic E-state index is 0.0382. The zero-order chi connectivity index (χ0) is 31.9. The smallest absolute Gasteiger partial charge is 0.390 e. The number of hydrogen-bond acceptors (Lipinski definition) is 6. The number of amides is 1. The number of nitrogens with one attached hydrogen (secondary N) is 2. The minimum Gasteiger partial charge on any atom is -0.390 e. The molecular weight excluding hydrogens is 598 g/mol. The van der Waals surface area contributed by atoms with Crippen LogP contribution in [0.1, 0.15) is 58.8 Å². The van der Waals surface area contributed by atoms with Gasteiger partial charge in [-0.2, -0.15) is 13.2 Å². The predicted molar refractivity (Wildman–Crippen MR) is 165 cm³/mol. The summed E-state index contributed by atoms with van der Waals surface area (Å²) in [4.78, 5) is 13.6. The summed E-state index contributed by atoms with van der Waals surface area (Å²) in [7, 11) is -3.24. The van der Waals surface area contributed by atoms with E-state index in [0.29, 0.717) is 30.4 Å². The predicted octanol–water partition coefficient (Wildman–Crippen LogP) is 6.55. The monoisotopic (exact) mass is 637 g/mol. The van der Waals surface area contributed by atoms with Crippen molar-refractivity contribution in [3.05, 3.63) is 100 Å². The maximum absolute atomic E-state index is 16.0. The van der Waals surface area contributed by atoms with E-state index in [1.165, 1.54) is 16.4 Å². The maximum atomic E-state index is 16.0. The normalized spacial score (nSPS) is 17.1. The van der Waals surface area contributed by atoms with Crippen LogP contribution in [0.4, 0.5) is 23.2 Å². The van der Waals surface area contributed by atoms with Crippen molar-refractivity contribution in [1.82, 2.24) is 10.6 Å². The molecule has 3 aromatic rings. The molecule has 7 nitrogen and oxygen atoms in total. The lowest BCUT2D eigenvalue weighted by Crippen LogP contribution is -2.49. The lowest BCUT2D eigenvalue weighted by atomic mass is 9.99. The van der Waals surface area contributed by atoms with Crippen LogP contribution in [0, 0.1) is 5.82 Å². The van der Waals surface area contributed by atoms with Gasteiger partial charge in [0, 0.05) is 19.6 Å². The summed E-state index contributed by atoms with van der Waals surface area (Å²) in [5, 5.41) is 16.9. The maximum Gasteiger partial charge on any atom is 0.416 e. The van der Waals surface area contributed by atoms with E-state index in [9.17, 15) is 32.2 Å². The van der Waals surface area contributed by atoms with Crippen LogP contribution in [0.2, 0.25) is 0 Å². The summed E-state index contributed by atoms with van der Waals surface area (Å²) >= 11 is 0. The number of alkyl halides is 3. The Morgan fingerprint density at radius 1 is 1.00 bits per heavy atom. The molecule has 1 heterocycles. The first kappa shape index (κ1) is 33.7. The summed E-state index contributed by atoms with van der Waals surface area (Å²) in [5.74, 6) is -1.53. The SMILES string of the molecule is CCCc1cc(C(=O)N[C@@H](Cc2ccccc2)[C@H](O)CNCc2cccc(C(F)(F)F)c2)c(F)c(N2CCCCS2(O)O)c1. The Labute approximate surface area is 256 Å². The summed E-state index contributed by atoms with van der Waals surface area (Å²) in [5.41, 5.74) is 0.763. The summed E-state index contributed by atoms with van der Waals surface area (Å²) < 4.78 is 77.9. The van der Waals surface area contributed by atoms with Gasteiger partial charge in [-0.05, 0) is 60.6 Å². The van der Waals surface area contributed by atoms with Crippen LogP contribution in [0.3, 0.4) is 0 Å². The van der Waals surface area contributed by atoms with Gasteiger partial charge in [0.25, 0.3) is 5.91 Å². The molecule has 0 spiro atoms. The highest BCUT2D eigenvalue weighted by Gasteiger charge is 2.32. The molecule has 2 atom stereocenters. The second kappa shape index (κ2) is 14.7. The molecule has 12 heteroatoms. The van der Waals surface area contributed by atoms with E-state index < -0.39 is 46.4 Å². The topological polar surface area (TPSA) is 105 Å². The number of halogens is 4. The van der Waals surface area contributed by atoms with Crippen molar-refractivity contribution >= 4 is 22.4 Å². The standard InChI is InChI=1S/C32H39F4N3O4S/c1-2-9-23-17-26(30(33)28(19-23)39-14-6-7-15-44(39,42)43)31(41)38-27(18-22-10-4-3-5-11-22)29(40)21-37-20-24-12-8-13-25(16-24)32(34,35)36/h3-5,8,10-13,16-17,19,27,29,37,40,42-43H,2,6-7,9,14-15,18,20-21H2,1H3,(H,38,41)/t27-,29+/m0/s1. The molecule has 1 aliphatic heterocycles. The third kappa shape index (κ3) is 8.72. The second-order valence-electron chi connectivity index (χ2n) is 11.0. The van der Waals surface area contributed by atoms with E-state index in [1.807, 2.05) is 37.3 Å². The van der Waals surface area contributed by atoms with Gasteiger partial charge in [0.2, 0.25) is 0 Å². The number of nitrogens with zero attached hydrogens (tertiary/aromatic N) is 1. The van der Waals surface area contributed by atoms with Crippen LogP contribution < -0.4 is 14.9 Å². The van der Waals surface area contributed by atoms with E-state index in [2.05, 4.69) is 10.6 Å². The third-order valence-corrected chi connectivity index (χ3v) is 9.49. The summed E-state index contributed by atoms with van der Waals surface area (Å²) in [6.07, 6.45) is -2.95. The molecule has 4 rings (SSSR count). The van der Waals surface area contributed by atoms with Crippen molar-refractivity contribution in [3.8, 4) is 0 Å². The van der Waals surface area contributed by atoms with E-state index in [1.54, 1.807) is 12.1 Å². The van der Waals surface area contributed by atoms with Crippen LogP contribution in [0.5, 0.6) is 0 Å². The molecule has 0 saturated carbocycles. The number of aliphatic hydroxyl groups is 1. The van der Waals surface area contributed by atoms with Gasteiger partial charge in [-0.1, -0.05) is 61.9 Å². The van der Waals surface area contributed by atoms with Gasteiger partial charge in [0.15, 0.2) is 5.82 Å². The molecule has 0 aliphatic carbocycles. The quantitative estimate of drug-likeness (QED) is 0.144. The van der Waals surface area contributed by atoms with Gasteiger partial charge >= 0.3 is 6.18 Å². The third-order valence-electron chi connectivity index (χ3n) is 7.56. The van der Waals surface area contributed by atoms with Crippen molar-refractivity contribution in [2.24, 2.45) is 0 Å². The number of anilines is 1. The first-order chi connectivity index (χ1) is 20.9. The number of hydrogen-bond donors (Lipinski definition) is 5. The molecule has 0 aromatic heterocycles. The van der Waals surface area contributed by atoms with Gasteiger partial charge in [-0.25, -0.2) is 4.39 Å². The number of carbonyl (C=O) groups is 1. The van der Waals surface area contributed by atoms with Gasteiger partial charge in [0.1, 0.15) is 0 Å². The van der Waals surface area contributed by atoms with Crippen LogP contribution in [-0.2, 0) is 25.6 Å². The van der Waals surface area contributed by atoms with Crippen molar-refractivity contribution in [2.75, 3.05) is 23.1 Å². The Bertz CT molecular complexity index is 1410. The van der Waals surface area contributed by atoms with Crippen molar-refractivity contribution < 1.29 is 36.6 Å². The zero-order valence-corrected chi connectivity index (χ0v) is 25.3. The molecule has 1 saturated heterocycles. The second-order valence-corrected chi connectivity index (χ2v) is 13.2. The molecule has 0 unspecified atom stereocenters. The van der Waals surface area contributed by atoms with Gasteiger partial charge < -0.3 is 15.7 Å². The fraction of sp³-hybridized carbons (Fsp3) is 0.406. The molecule has 1 aliphatic rings. The largest absolute Gasteiger partial charge is 0.416 e. The number of rotatable bonds is 12. The first-order valence-corrected chi connectivity index (χ1v) is 16.3. The highest BCUT2D eigenvalue weighted by molar-refractivity contribution is 8.25. The Hall–Kier alpha value is -3.16. The van der Waals surface area contributed by atoms with Crippen LogP contribution in [-0.4, -0.2) is 51.1 Å². The summed E-state index contributed by atoms with van der Waals surface area (Å²) in [6.45, 7) is 2.16. The minimum atomic E-state index is -4.48. The highest BCUT2D eigenvalue weighted by atomic mass is 32.3. The van der Waals surface area contributed by atoms with Crippen LogP contribution in [0.15, 0.2) is 66.7 Å². The van der Waals surface area contributed by atoms with Crippen molar-refractivity contribution in [1.29, 1.82) is 0 Å². The van der Waals surface area contributed by atoms with Crippen LogP contribution in [0.25, 0.3) is 0 Å². The highest BCUT2D eigenvalue weighted by Crippen LogP contribution is 2.50. The lowest BCUT2D eigenvalue weighted by molar-refractivity contribution is -0.137. The molecule has 240 valence electrons. The van der Waals surface area contributed by atoms with E-state index >= 15 is 4.39 Å². The van der Waals surface area contributed by atoms with E-state index in [4.69, 9.17) is 0 Å². The molecule has 5 N–H and O–H groups in total.